The fraction of sp³-hybridized carbons (Fsp3) is 0.400. The predicted molar refractivity (Wildman–Crippen MR) is 70.5 cm³/mol. The molecule has 0 aliphatic carbocycles. The molecule has 0 atom stereocenters. The van der Waals surface area contributed by atoms with Crippen molar-refractivity contribution < 1.29 is 16.8 Å². The Hall–Kier alpha value is -1.28. The number of sulfonamides is 1. The third-order valence-electron chi connectivity index (χ3n) is 2.68. The summed E-state index contributed by atoms with van der Waals surface area (Å²) in [6, 6.07) is 5.15. The Bertz CT molecular complexity index is 680. The molecule has 1 aromatic carbocycles. The number of anilines is 2. The fourth-order valence-electron chi connectivity index (χ4n) is 2.06. The van der Waals surface area contributed by atoms with Gasteiger partial charge in [0.25, 0.3) is 0 Å². The molecule has 0 amide bonds. The zero-order valence-electron chi connectivity index (χ0n) is 9.83. The SMILES string of the molecule is CS(=O)(=O)CS(=O)(=O)N1CCc2cccc(N)c21. The lowest BCUT2D eigenvalue weighted by Gasteiger charge is -2.20. The maximum atomic E-state index is 12.1. The van der Waals surface area contributed by atoms with Crippen molar-refractivity contribution >= 4 is 31.2 Å². The Kier molecular flexibility index (Phi) is 3.02. The summed E-state index contributed by atoms with van der Waals surface area (Å²) in [6.45, 7) is 0.237. The van der Waals surface area contributed by atoms with Crippen LogP contribution >= 0.6 is 0 Å². The zero-order chi connectivity index (χ0) is 13.6. The second-order valence-corrected chi connectivity index (χ2v) is 8.73. The van der Waals surface area contributed by atoms with E-state index in [1.54, 1.807) is 18.2 Å². The normalized spacial score (nSPS) is 15.7. The largest absolute Gasteiger partial charge is 0.397 e. The van der Waals surface area contributed by atoms with Crippen LogP contribution in [0.15, 0.2) is 18.2 Å². The predicted octanol–water partition coefficient (Wildman–Crippen LogP) is -0.0368. The first-order chi connectivity index (χ1) is 8.21. The number of hydrogen-bond donors (Lipinski definition) is 1. The van der Waals surface area contributed by atoms with Crippen molar-refractivity contribution in [3.8, 4) is 0 Å². The van der Waals surface area contributed by atoms with Crippen molar-refractivity contribution in [2.45, 2.75) is 6.42 Å². The lowest BCUT2D eigenvalue weighted by atomic mass is 10.1. The number of hydrogen-bond acceptors (Lipinski definition) is 5. The molecule has 1 heterocycles. The van der Waals surface area contributed by atoms with Crippen molar-refractivity contribution in [1.82, 2.24) is 0 Å². The highest BCUT2D eigenvalue weighted by Crippen LogP contribution is 2.35. The van der Waals surface area contributed by atoms with Crippen LogP contribution < -0.4 is 10.0 Å². The lowest BCUT2D eigenvalue weighted by molar-refractivity contribution is 0.589. The van der Waals surface area contributed by atoms with Crippen LogP contribution in [0.4, 0.5) is 11.4 Å². The van der Waals surface area contributed by atoms with Crippen LogP contribution in [0, 0.1) is 0 Å². The second kappa shape index (κ2) is 4.13. The Morgan fingerprint density at radius 3 is 2.56 bits per heavy atom. The highest BCUT2D eigenvalue weighted by atomic mass is 32.3. The van der Waals surface area contributed by atoms with E-state index in [4.69, 9.17) is 5.73 Å². The van der Waals surface area contributed by atoms with E-state index in [-0.39, 0.29) is 6.54 Å². The third kappa shape index (κ3) is 2.44. The maximum Gasteiger partial charge on any atom is 0.249 e. The van der Waals surface area contributed by atoms with E-state index < -0.39 is 24.9 Å². The van der Waals surface area contributed by atoms with E-state index in [9.17, 15) is 16.8 Å². The molecular formula is C10H14N2O4S2. The van der Waals surface area contributed by atoms with Gasteiger partial charge in [0.1, 0.15) is 0 Å². The molecule has 1 aromatic rings. The van der Waals surface area contributed by atoms with Gasteiger partial charge in [0.2, 0.25) is 10.0 Å². The lowest BCUT2D eigenvalue weighted by Crippen LogP contribution is -2.34. The Labute approximate surface area is 106 Å². The molecule has 0 bridgehead atoms. The molecular weight excluding hydrogens is 276 g/mol. The number of nitrogens with zero attached hydrogens (tertiary/aromatic N) is 1. The molecule has 18 heavy (non-hydrogen) atoms. The van der Waals surface area contributed by atoms with E-state index in [2.05, 4.69) is 0 Å². The van der Waals surface area contributed by atoms with Crippen LogP contribution in [0.5, 0.6) is 0 Å². The van der Waals surface area contributed by atoms with E-state index in [0.29, 0.717) is 17.8 Å². The smallest absolute Gasteiger partial charge is 0.249 e. The van der Waals surface area contributed by atoms with Gasteiger partial charge in [-0.25, -0.2) is 16.8 Å². The summed E-state index contributed by atoms with van der Waals surface area (Å²) < 4.78 is 47.5. The number of nitrogens with two attached hydrogens (primary N) is 1. The van der Waals surface area contributed by atoms with Crippen LogP contribution in [0.1, 0.15) is 5.56 Å². The fourth-order valence-corrected chi connectivity index (χ4v) is 5.61. The maximum absolute atomic E-state index is 12.1. The van der Waals surface area contributed by atoms with Gasteiger partial charge < -0.3 is 5.73 Å². The summed E-state index contributed by atoms with van der Waals surface area (Å²) in [5.41, 5.74) is 7.36. The van der Waals surface area contributed by atoms with E-state index in [0.717, 1.165) is 16.1 Å². The molecule has 1 aliphatic heterocycles. The number of sulfone groups is 1. The Morgan fingerprint density at radius 2 is 1.94 bits per heavy atom. The molecule has 0 saturated heterocycles. The average molecular weight is 290 g/mol. The summed E-state index contributed by atoms with van der Waals surface area (Å²) in [4.78, 5) is 0. The number of nitrogen functional groups attached to an aromatic ring is 1. The average Bonchev–Trinajstić information content (AvgIpc) is 2.59. The zero-order valence-corrected chi connectivity index (χ0v) is 11.5. The standard InChI is InChI=1S/C10H14N2O4S2/c1-17(13,14)7-18(15,16)12-6-5-8-3-2-4-9(11)10(8)12/h2-4H,5-7,11H2,1H3. The van der Waals surface area contributed by atoms with Gasteiger partial charge in [-0.15, -0.1) is 0 Å². The highest BCUT2D eigenvalue weighted by molar-refractivity contribution is 8.08. The molecule has 2 N–H and O–H groups in total. The van der Waals surface area contributed by atoms with E-state index in [1.807, 2.05) is 0 Å². The third-order valence-corrected chi connectivity index (χ3v) is 6.62. The van der Waals surface area contributed by atoms with Gasteiger partial charge in [0, 0.05) is 12.8 Å². The minimum atomic E-state index is -3.89. The summed E-state index contributed by atoms with van der Waals surface area (Å²) >= 11 is 0. The number of rotatable bonds is 3. The summed E-state index contributed by atoms with van der Waals surface area (Å²) in [7, 11) is -7.49. The van der Waals surface area contributed by atoms with Gasteiger partial charge >= 0.3 is 0 Å². The quantitative estimate of drug-likeness (QED) is 0.788. The Morgan fingerprint density at radius 1 is 1.28 bits per heavy atom. The van der Waals surface area contributed by atoms with Crippen LogP contribution in [0.25, 0.3) is 0 Å². The molecule has 0 unspecified atom stereocenters. The first kappa shape index (κ1) is 13.2. The summed E-state index contributed by atoms with van der Waals surface area (Å²) in [6.07, 6.45) is 1.44. The summed E-state index contributed by atoms with van der Waals surface area (Å²) in [5.74, 6) is 0. The van der Waals surface area contributed by atoms with Crippen molar-refractivity contribution in [3.05, 3.63) is 23.8 Å². The van der Waals surface area contributed by atoms with Gasteiger partial charge in [0.15, 0.2) is 14.9 Å². The molecule has 1 aliphatic rings. The molecule has 6 nitrogen and oxygen atoms in total. The topological polar surface area (TPSA) is 97.5 Å². The summed E-state index contributed by atoms with van der Waals surface area (Å²) in [5, 5.41) is -0.895. The van der Waals surface area contributed by atoms with Crippen LogP contribution in [0.2, 0.25) is 0 Å². The van der Waals surface area contributed by atoms with Crippen LogP contribution in [-0.4, -0.2) is 34.7 Å². The first-order valence-electron chi connectivity index (χ1n) is 5.26. The number of para-hydroxylation sites is 1. The first-order valence-corrected chi connectivity index (χ1v) is 8.93. The monoisotopic (exact) mass is 290 g/mol. The van der Waals surface area contributed by atoms with Gasteiger partial charge in [0.05, 0.1) is 11.4 Å². The van der Waals surface area contributed by atoms with Crippen molar-refractivity contribution in [2.75, 3.05) is 27.9 Å². The molecule has 0 radical (unpaired) electrons. The van der Waals surface area contributed by atoms with Gasteiger partial charge in [-0.3, -0.25) is 4.31 Å². The number of fused-ring (bicyclic) bond motifs is 1. The van der Waals surface area contributed by atoms with E-state index >= 15 is 0 Å². The van der Waals surface area contributed by atoms with Crippen LogP contribution in [-0.2, 0) is 26.3 Å². The highest BCUT2D eigenvalue weighted by Gasteiger charge is 2.33. The minimum Gasteiger partial charge on any atom is -0.397 e. The van der Waals surface area contributed by atoms with Crippen molar-refractivity contribution in [2.24, 2.45) is 0 Å². The van der Waals surface area contributed by atoms with Crippen molar-refractivity contribution in [3.63, 3.8) is 0 Å². The molecule has 0 saturated carbocycles. The van der Waals surface area contributed by atoms with E-state index in [1.165, 1.54) is 0 Å². The Balaban J connectivity index is 2.46. The number of benzene rings is 1. The minimum absolute atomic E-state index is 0.237. The molecule has 0 fully saturated rings. The van der Waals surface area contributed by atoms with Gasteiger partial charge in [-0.2, -0.15) is 0 Å². The molecule has 2 rings (SSSR count). The molecule has 0 aromatic heterocycles. The molecule has 0 spiro atoms. The molecule has 8 heteroatoms. The molecule has 100 valence electrons. The van der Waals surface area contributed by atoms with Crippen LogP contribution in [0.3, 0.4) is 0 Å². The van der Waals surface area contributed by atoms with Crippen molar-refractivity contribution in [1.29, 1.82) is 0 Å². The van der Waals surface area contributed by atoms with Gasteiger partial charge in [-0.05, 0) is 18.1 Å². The second-order valence-electron chi connectivity index (χ2n) is 4.33. The van der Waals surface area contributed by atoms with Gasteiger partial charge in [-0.1, -0.05) is 12.1 Å².